The molecule has 0 saturated heterocycles. The highest BCUT2D eigenvalue weighted by Gasteiger charge is 2.38. The lowest BCUT2D eigenvalue weighted by Gasteiger charge is -2.47. The van der Waals surface area contributed by atoms with Crippen LogP contribution in [0.1, 0.15) is 73.6 Å². The second-order valence-corrected chi connectivity index (χ2v) is 8.26. The minimum atomic E-state index is 0.311. The maximum atomic E-state index is 3.72. The van der Waals surface area contributed by atoms with Crippen LogP contribution in [0.3, 0.4) is 0 Å². The van der Waals surface area contributed by atoms with Gasteiger partial charge in [-0.05, 0) is 51.5 Å². The van der Waals surface area contributed by atoms with Crippen molar-refractivity contribution < 1.29 is 0 Å². The summed E-state index contributed by atoms with van der Waals surface area (Å²) in [5.74, 6) is 0.885. The highest BCUT2D eigenvalue weighted by molar-refractivity contribution is 4.92. The Balaban J connectivity index is 2.76. The summed E-state index contributed by atoms with van der Waals surface area (Å²) in [6.45, 7) is 16.4. The summed E-state index contributed by atoms with van der Waals surface area (Å²) in [6.07, 6.45) is 6.82. The highest BCUT2D eigenvalue weighted by Crippen LogP contribution is 2.40. The Bertz CT molecular complexity index is 285. The molecule has 0 heterocycles. The van der Waals surface area contributed by atoms with Crippen LogP contribution in [0.5, 0.6) is 0 Å². The summed E-state index contributed by atoms with van der Waals surface area (Å²) < 4.78 is 0. The molecular weight excluding hydrogens is 244 g/mol. The molecule has 120 valence electrons. The Labute approximate surface area is 127 Å². The molecular formula is C18H38N2. The van der Waals surface area contributed by atoms with Gasteiger partial charge < -0.3 is 10.2 Å². The fraction of sp³-hybridized carbons (Fsp3) is 1.00. The van der Waals surface area contributed by atoms with Crippen molar-refractivity contribution in [1.82, 2.24) is 10.2 Å². The number of rotatable bonds is 7. The van der Waals surface area contributed by atoms with Gasteiger partial charge in [-0.3, -0.25) is 0 Å². The van der Waals surface area contributed by atoms with E-state index in [1.54, 1.807) is 0 Å². The maximum Gasteiger partial charge on any atom is 0.0147 e. The molecule has 2 atom stereocenters. The van der Waals surface area contributed by atoms with E-state index < -0.39 is 0 Å². The molecule has 1 aliphatic rings. The number of hydrogen-bond donors (Lipinski definition) is 1. The summed E-state index contributed by atoms with van der Waals surface area (Å²) in [5.41, 5.74) is 0.786. The van der Waals surface area contributed by atoms with Crippen LogP contribution in [0.15, 0.2) is 0 Å². The Kier molecular flexibility index (Phi) is 6.53. The van der Waals surface area contributed by atoms with Crippen LogP contribution >= 0.6 is 0 Å². The van der Waals surface area contributed by atoms with Gasteiger partial charge in [0.1, 0.15) is 0 Å². The summed E-state index contributed by atoms with van der Waals surface area (Å²) >= 11 is 0. The molecule has 0 amide bonds. The number of nitrogens with one attached hydrogen (secondary N) is 1. The van der Waals surface area contributed by atoms with Crippen LogP contribution in [0.25, 0.3) is 0 Å². The summed E-state index contributed by atoms with van der Waals surface area (Å²) in [4.78, 5) is 2.60. The molecule has 0 radical (unpaired) electrons. The molecule has 1 N–H and O–H groups in total. The second kappa shape index (κ2) is 7.26. The summed E-state index contributed by atoms with van der Waals surface area (Å²) in [5, 5.41) is 3.72. The van der Waals surface area contributed by atoms with Gasteiger partial charge >= 0.3 is 0 Å². The fourth-order valence-corrected chi connectivity index (χ4v) is 3.54. The fourth-order valence-electron chi connectivity index (χ4n) is 3.54. The molecule has 20 heavy (non-hydrogen) atoms. The number of nitrogens with zero attached hydrogens (tertiary/aromatic N) is 1. The zero-order chi connectivity index (χ0) is 15.4. The second-order valence-electron chi connectivity index (χ2n) is 8.26. The lowest BCUT2D eigenvalue weighted by atomic mass is 9.69. The lowest BCUT2D eigenvalue weighted by Crippen LogP contribution is -2.52. The van der Waals surface area contributed by atoms with E-state index in [9.17, 15) is 0 Å². The Morgan fingerprint density at radius 3 is 2.50 bits per heavy atom. The first-order valence-corrected chi connectivity index (χ1v) is 8.65. The molecule has 2 unspecified atom stereocenters. The normalized spacial score (nSPS) is 28.4. The van der Waals surface area contributed by atoms with Crippen molar-refractivity contribution in [2.24, 2.45) is 11.3 Å². The molecule has 1 saturated carbocycles. The molecule has 0 aliphatic heterocycles. The van der Waals surface area contributed by atoms with E-state index >= 15 is 0 Å². The zero-order valence-electron chi connectivity index (χ0n) is 15.1. The van der Waals surface area contributed by atoms with Crippen LogP contribution in [-0.2, 0) is 0 Å². The lowest BCUT2D eigenvalue weighted by molar-refractivity contribution is 0.0415. The Morgan fingerprint density at radius 1 is 1.35 bits per heavy atom. The van der Waals surface area contributed by atoms with Gasteiger partial charge in [0.15, 0.2) is 0 Å². The first-order chi connectivity index (χ1) is 9.21. The average Bonchev–Trinajstić information content (AvgIpc) is 2.36. The monoisotopic (exact) mass is 282 g/mol. The maximum absolute atomic E-state index is 3.72. The average molecular weight is 283 g/mol. The van der Waals surface area contributed by atoms with Gasteiger partial charge in [-0.1, -0.05) is 40.5 Å². The van der Waals surface area contributed by atoms with E-state index in [1.165, 1.54) is 45.2 Å². The SMILES string of the molecule is CCC(C)(C)N(C)CC1(CNC(C)C)CCCC(C)C1. The molecule has 2 heteroatoms. The predicted octanol–water partition coefficient (Wildman–Crippen LogP) is 4.30. The Morgan fingerprint density at radius 2 is 2.00 bits per heavy atom. The van der Waals surface area contributed by atoms with E-state index in [2.05, 4.69) is 58.8 Å². The van der Waals surface area contributed by atoms with Gasteiger partial charge in [0.25, 0.3) is 0 Å². The van der Waals surface area contributed by atoms with Gasteiger partial charge in [0.2, 0.25) is 0 Å². The van der Waals surface area contributed by atoms with Crippen LogP contribution in [0.4, 0.5) is 0 Å². The molecule has 1 rings (SSSR count). The van der Waals surface area contributed by atoms with Crippen molar-refractivity contribution in [3.05, 3.63) is 0 Å². The van der Waals surface area contributed by atoms with Gasteiger partial charge in [-0.2, -0.15) is 0 Å². The topological polar surface area (TPSA) is 15.3 Å². The van der Waals surface area contributed by atoms with Crippen LogP contribution < -0.4 is 5.32 Å². The summed E-state index contributed by atoms with van der Waals surface area (Å²) in [7, 11) is 2.32. The quantitative estimate of drug-likeness (QED) is 0.749. The van der Waals surface area contributed by atoms with E-state index in [-0.39, 0.29) is 0 Å². The van der Waals surface area contributed by atoms with Crippen molar-refractivity contribution in [3.8, 4) is 0 Å². The van der Waals surface area contributed by atoms with E-state index in [4.69, 9.17) is 0 Å². The van der Waals surface area contributed by atoms with Gasteiger partial charge in [-0.25, -0.2) is 0 Å². The molecule has 0 aromatic carbocycles. The van der Waals surface area contributed by atoms with Gasteiger partial charge in [0, 0.05) is 24.7 Å². The van der Waals surface area contributed by atoms with Crippen LogP contribution in [0.2, 0.25) is 0 Å². The Hall–Kier alpha value is -0.0800. The van der Waals surface area contributed by atoms with E-state index in [0.717, 1.165) is 5.92 Å². The van der Waals surface area contributed by atoms with Gasteiger partial charge in [-0.15, -0.1) is 0 Å². The first-order valence-electron chi connectivity index (χ1n) is 8.65. The minimum Gasteiger partial charge on any atom is -0.314 e. The number of hydrogen-bond acceptors (Lipinski definition) is 2. The van der Waals surface area contributed by atoms with E-state index in [0.29, 0.717) is 17.0 Å². The zero-order valence-corrected chi connectivity index (χ0v) is 15.1. The standard InChI is InChI=1S/C18H38N2/c1-8-17(5,6)20(7)14-18(13-19-15(2)3)11-9-10-16(4)12-18/h15-16,19H,8-14H2,1-7H3. The smallest absolute Gasteiger partial charge is 0.0147 e. The third kappa shape index (κ3) is 5.04. The predicted molar refractivity (Wildman–Crippen MR) is 90.2 cm³/mol. The minimum absolute atomic E-state index is 0.311. The van der Waals surface area contributed by atoms with E-state index in [1.807, 2.05) is 0 Å². The highest BCUT2D eigenvalue weighted by atomic mass is 15.2. The first kappa shape index (κ1) is 18.0. The van der Waals surface area contributed by atoms with Crippen molar-refractivity contribution in [2.45, 2.75) is 85.2 Å². The van der Waals surface area contributed by atoms with Crippen molar-refractivity contribution >= 4 is 0 Å². The molecule has 1 fully saturated rings. The molecule has 0 bridgehead atoms. The molecule has 2 nitrogen and oxygen atoms in total. The van der Waals surface area contributed by atoms with Gasteiger partial charge in [0.05, 0.1) is 0 Å². The largest absolute Gasteiger partial charge is 0.314 e. The molecule has 0 aromatic heterocycles. The van der Waals surface area contributed by atoms with Crippen molar-refractivity contribution in [1.29, 1.82) is 0 Å². The molecule has 0 spiro atoms. The van der Waals surface area contributed by atoms with Crippen molar-refractivity contribution in [3.63, 3.8) is 0 Å². The summed E-state index contributed by atoms with van der Waals surface area (Å²) in [6, 6.07) is 0.591. The molecule has 0 aromatic rings. The van der Waals surface area contributed by atoms with Crippen LogP contribution in [0, 0.1) is 11.3 Å². The molecule has 1 aliphatic carbocycles. The van der Waals surface area contributed by atoms with Crippen molar-refractivity contribution in [2.75, 3.05) is 20.1 Å². The van der Waals surface area contributed by atoms with Crippen LogP contribution in [-0.4, -0.2) is 36.6 Å². The third-order valence-corrected chi connectivity index (χ3v) is 5.54. The third-order valence-electron chi connectivity index (χ3n) is 5.54.